The van der Waals surface area contributed by atoms with Gasteiger partial charge in [-0.2, -0.15) is 13.2 Å². The van der Waals surface area contributed by atoms with Gasteiger partial charge in [0.05, 0.1) is 18.3 Å². The van der Waals surface area contributed by atoms with Crippen LogP contribution in [0.1, 0.15) is 22.8 Å². The number of benzene rings is 1. The second-order valence-electron chi connectivity index (χ2n) is 6.70. The molecule has 2 atom stereocenters. The molecular weight excluding hydrogens is 399 g/mol. The van der Waals surface area contributed by atoms with Crippen LogP contribution in [-0.4, -0.2) is 73.1 Å². The lowest BCUT2D eigenvalue weighted by atomic mass is 10.1. The van der Waals surface area contributed by atoms with Crippen LogP contribution in [0.2, 0.25) is 0 Å². The number of nitrogens with zero attached hydrogens (tertiary/aromatic N) is 2. The van der Waals surface area contributed by atoms with Gasteiger partial charge in [-0.05, 0) is 25.1 Å². The van der Waals surface area contributed by atoms with Gasteiger partial charge >= 0.3 is 6.18 Å². The number of hydrogen-bond donors (Lipinski definition) is 1. The third-order valence-electron chi connectivity index (χ3n) is 4.90. The van der Waals surface area contributed by atoms with E-state index in [0.29, 0.717) is 26.2 Å². The Kier molecular flexibility index (Phi) is 7.30. The van der Waals surface area contributed by atoms with Crippen LogP contribution in [0, 0.1) is 0 Å². The normalized spacial score (nSPS) is 23.1. The molecule has 2 saturated heterocycles. The number of halogens is 4. The molecule has 1 aromatic rings. The number of carbonyl (C=O) groups is 2. The fourth-order valence-electron chi connectivity index (χ4n) is 3.35. The lowest BCUT2D eigenvalue weighted by Gasteiger charge is -2.38. The average Bonchev–Trinajstić information content (AvgIpc) is 2.67. The predicted molar refractivity (Wildman–Crippen MR) is 98.4 cm³/mol. The van der Waals surface area contributed by atoms with E-state index in [0.717, 1.165) is 12.1 Å². The van der Waals surface area contributed by atoms with Crippen molar-refractivity contribution >= 4 is 24.2 Å². The van der Waals surface area contributed by atoms with Gasteiger partial charge in [0.15, 0.2) is 0 Å². The average molecular weight is 422 g/mol. The molecular formula is C18H23ClF3N3O3. The van der Waals surface area contributed by atoms with E-state index in [-0.39, 0.29) is 43.1 Å². The van der Waals surface area contributed by atoms with Gasteiger partial charge in [0.1, 0.15) is 6.04 Å². The summed E-state index contributed by atoms with van der Waals surface area (Å²) in [6.45, 7) is 4.25. The van der Waals surface area contributed by atoms with Crippen LogP contribution in [0.25, 0.3) is 0 Å². The first-order valence-electron chi connectivity index (χ1n) is 8.87. The number of hydrogen-bond acceptors (Lipinski definition) is 4. The van der Waals surface area contributed by atoms with Crippen molar-refractivity contribution in [2.75, 3.05) is 39.3 Å². The second kappa shape index (κ2) is 9.11. The summed E-state index contributed by atoms with van der Waals surface area (Å²) in [5.41, 5.74) is -0.847. The zero-order valence-corrected chi connectivity index (χ0v) is 16.2. The zero-order chi connectivity index (χ0) is 19.6. The van der Waals surface area contributed by atoms with Crippen molar-refractivity contribution in [2.24, 2.45) is 0 Å². The maximum absolute atomic E-state index is 12.8. The van der Waals surface area contributed by atoms with E-state index < -0.39 is 23.7 Å². The molecule has 0 saturated carbocycles. The smallest absolute Gasteiger partial charge is 0.375 e. The molecule has 0 spiro atoms. The van der Waals surface area contributed by atoms with E-state index in [1.807, 2.05) is 6.92 Å². The number of piperazine rings is 1. The first-order valence-corrected chi connectivity index (χ1v) is 8.87. The van der Waals surface area contributed by atoms with Crippen LogP contribution in [-0.2, 0) is 15.7 Å². The molecule has 0 bridgehead atoms. The first-order chi connectivity index (χ1) is 12.8. The first kappa shape index (κ1) is 22.4. The van der Waals surface area contributed by atoms with Gasteiger partial charge in [0.2, 0.25) is 5.91 Å². The van der Waals surface area contributed by atoms with Gasteiger partial charge in [-0.1, -0.05) is 6.07 Å². The number of carbonyl (C=O) groups excluding carboxylic acids is 2. The molecule has 2 amide bonds. The Hall–Kier alpha value is -1.84. The minimum atomic E-state index is -4.49. The number of morpholine rings is 1. The number of amides is 2. The summed E-state index contributed by atoms with van der Waals surface area (Å²) in [7, 11) is 0. The maximum atomic E-state index is 12.8. The molecule has 2 fully saturated rings. The highest BCUT2D eigenvalue weighted by Gasteiger charge is 2.35. The molecule has 156 valence electrons. The molecule has 3 rings (SSSR count). The molecule has 10 heteroatoms. The molecule has 2 aliphatic rings. The van der Waals surface area contributed by atoms with Crippen molar-refractivity contribution in [3.8, 4) is 0 Å². The molecule has 0 aromatic heterocycles. The molecule has 1 aromatic carbocycles. The third-order valence-corrected chi connectivity index (χ3v) is 4.90. The van der Waals surface area contributed by atoms with Gasteiger partial charge in [-0.15, -0.1) is 12.4 Å². The number of rotatable bonds is 2. The van der Waals surface area contributed by atoms with Crippen molar-refractivity contribution in [2.45, 2.75) is 25.2 Å². The van der Waals surface area contributed by atoms with Gasteiger partial charge in [-0.25, -0.2) is 0 Å². The fraction of sp³-hybridized carbons (Fsp3) is 0.556. The van der Waals surface area contributed by atoms with Crippen molar-refractivity contribution in [3.05, 3.63) is 35.4 Å². The SMILES string of the molecule is C[C@H]1OCCN[C@@H]1C(=O)N1CCN(C(=O)c2cccc(C(F)(F)F)c2)CC1.Cl. The van der Waals surface area contributed by atoms with Crippen molar-refractivity contribution < 1.29 is 27.5 Å². The standard InChI is InChI=1S/C18H22F3N3O3.ClH/c1-12-15(22-5-10-27-12)17(26)24-8-6-23(7-9-24)16(25)13-3-2-4-14(11-13)18(19,20)21;/h2-4,11-12,15,22H,5-10H2,1H3;1H/t12-,15+;/m1./s1. The lowest BCUT2D eigenvalue weighted by molar-refractivity contribution is -0.141. The third kappa shape index (κ3) is 4.95. The van der Waals surface area contributed by atoms with Gasteiger partial charge in [0.25, 0.3) is 5.91 Å². The summed E-state index contributed by atoms with van der Waals surface area (Å²) < 4.78 is 44.0. The minimum Gasteiger partial charge on any atom is -0.375 e. The van der Waals surface area contributed by atoms with E-state index in [2.05, 4.69) is 5.32 Å². The second-order valence-corrected chi connectivity index (χ2v) is 6.70. The number of alkyl halides is 3. The van der Waals surface area contributed by atoms with Crippen molar-refractivity contribution in [1.29, 1.82) is 0 Å². The quantitative estimate of drug-likeness (QED) is 0.791. The van der Waals surface area contributed by atoms with Crippen molar-refractivity contribution in [3.63, 3.8) is 0 Å². The van der Waals surface area contributed by atoms with Crippen LogP contribution in [0.3, 0.4) is 0 Å². The zero-order valence-electron chi connectivity index (χ0n) is 15.4. The molecule has 28 heavy (non-hydrogen) atoms. The fourth-order valence-corrected chi connectivity index (χ4v) is 3.35. The lowest BCUT2D eigenvalue weighted by Crippen LogP contribution is -2.60. The Morgan fingerprint density at radius 2 is 1.79 bits per heavy atom. The Labute approximate surface area is 167 Å². The topological polar surface area (TPSA) is 61.9 Å². The molecule has 2 aliphatic heterocycles. The summed E-state index contributed by atoms with van der Waals surface area (Å²) >= 11 is 0. The van der Waals surface area contributed by atoms with Crippen LogP contribution < -0.4 is 5.32 Å². The van der Waals surface area contributed by atoms with E-state index in [1.54, 1.807) is 4.90 Å². The highest BCUT2D eigenvalue weighted by atomic mass is 35.5. The van der Waals surface area contributed by atoms with E-state index in [4.69, 9.17) is 4.74 Å². The minimum absolute atomic E-state index is 0. The highest BCUT2D eigenvalue weighted by molar-refractivity contribution is 5.94. The van der Waals surface area contributed by atoms with E-state index >= 15 is 0 Å². The Morgan fingerprint density at radius 3 is 2.39 bits per heavy atom. The van der Waals surface area contributed by atoms with Gasteiger partial charge in [0, 0.05) is 38.3 Å². The molecule has 2 heterocycles. The van der Waals surface area contributed by atoms with E-state index in [9.17, 15) is 22.8 Å². The van der Waals surface area contributed by atoms with Crippen LogP contribution in [0.5, 0.6) is 0 Å². The molecule has 6 nitrogen and oxygen atoms in total. The summed E-state index contributed by atoms with van der Waals surface area (Å²) in [6.07, 6.45) is -4.72. The summed E-state index contributed by atoms with van der Waals surface area (Å²) in [4.78, 5) is 28.3. The van der Waals surface area contributed by atoms with E-state index in [1.165, 1.54) is 17.0 Å². The van der Waals surface area contributed by atoms with Crippen LogP contribution >= 0.6 is 12.4 Å². The van der Waals surface area contributed by atoms with Crippen molar-refractivity contribution in [1.82, 2.24) is 15.1 Å². The predicted octanol–water partition coefficient (Wildman–Crippen LogP) is 1.79. The maximum Gasteiger partial charge on any atom is 0.416 e. The Balaban J connectivity index is 0.00000280. The number of ether oxygens (including phenoxy) is 1. The molecule has 0 aliphatic carbocycles. The van der Waals surface area contributed by atoms with Gasteiger partial charge in [-0.3, -0.25) is 9.59 Å². The highest BCUT2D eigenvalue weighted by Crippen LogP contribution is 2.29. The molecule has 1 N–H and O–H groups in total. The Bertz CT molecular complexity index is 709. The summed E-state index contributed by atoms with van der Waals surface area (Å²) in [5, 5.41) is 3.14. The molecule has 0 radical (unpaired) electrons. The summed E-state index contributed by atoms with van der Waals surface area (Å²) in [5.74, 6) is -0.533. The monoisotopic (exact) mass is 421 g/mol. The largest absolute Gasteiger partial charge is 0.416 e. The Morgan fingerprint density at radius 1 is 1.14 bits per heavy atom. The number of nitrogens with one attached hydrogen (secondary N) is 1. The summed E-state index contributed by atoms with van der Waals surface area (Å²) in [6, 6.07) is 3.99. The van der Waals surface area contributed by atoms with Gasteiger partial charge < -0.3 is 19.9 Å². The van der Waals surface area contributed by atoms with Crippen LogP contribution in [0.4, 0.5) is 13.2 Å². The van der Waals surface area contributed by atoms with Crippen LogP contribution in [0.15, 0.2) is 24.3 Å². The molecule has 0 unspecified atom stereocenters.